The molecule has 3 saturated carbocycles. The van der Waals surface area contributed by atoms with Gasteiger partial charge in [-0.05, 0) is 63.3 Å². The third-order valence-corrected chi connectivity index (χ3v) is 6.83. The lowest BCUT2D eigenvalue weighted by atomic mass is 9.60. The van der Waals surface area contributed by atoms with Crippen LogP contribution in [0.5, 0.6) is 5.75 Å². The molecule has 0 aliphatic heterocycles. The molecule has 1 aromatic carbocycles. The van der Waals surface area contributed by atoms with E-state index in [9.17, 15) is 19.1 Å². The monoisotopic (exact) mass is 461 g/mol. The molecule has 1 heterocycles. The fourth-order valence-corrected chi connectivity index (χ4v) is 4.73. The number of nitrogens with one attached hydrogen (secondary N) is 2. The minimum Gasteiger partial charge on any atom is -0.484 e. The molecule has 3 aliphatic rings. The Morgan fingerprint density at radius 1 is 1.22 bits per heavy atom. The van der Waals surface area contributed by atoms with Gasteiger partial charge in [0, 0.05) is 23.5 Å². The zero-order valence-corrected chi connectivity index (χ0v) is 18.4. The lowest BCUT2D eigenvalue weighted by Crippen LogP contribution is -2.70. The van der Waals surface area contributed by atoms with Crippen molar-refractivity contribution >= 4 is 23.4 Å². The van der Waals surface area contributed by atoms with E-state index in [1.54, 1.807) is 12.1 Å². The van der Waals surface area contributed by atoms with Crippen LogP contribution in [0.3, 0.4) is 0 Å². The number of aliphatic hydroxyl groups excluding tert-OH is 1. The first kappa shape index (κ1) is 22.5. The molecule has 7 nitrogen and oxygen atoms in total. The zero-order valence-electron chi connectivity index (χ0n) is 17.7. The Hall–Kier alpha value is -2.71. The third-order valence-electron chi connectivity index (χ3n) is 6.52. The van der Waals surface area contributed by atoms with E-state index in [1.807, 2.05) is 6.92 Å². The first-order valence-electron chi connectivity index (χ1n) is 10.5. The van der Waals surface area contributed by atoms with E-state index < -0.39 is 23.0 Å². The Morgan fingerprint density at radius 3 is 2.59 bits per heavy atom. The average molecular weight is 462 g/mol. The second kappa shape index (κ2) is 8.67. The summed E-state index contributed by atoms with van der Waals surface area (Å²) in [5, 5.41) is 16.9. The van der Waals surface area contributed by atoms with Gasteiger partial charge in [-0.3, -0.25) is 14.6 Å². The van der Waals surface area contributed by atoms with Gasteiger partial charge < -0.3 is 20.5 Å². The number of fused-ring (bicyclic) bond motifs is 3. The van der Waals surface area contributed by atoms with Crippen molar-refractivity contribution in [1.82, 2.24) is 15.6 Å². The number of hydrogen-bond acceptors (Lipinski definition) is 5. The van der Waals surface area contributed by atoms with Crippen LogP contribution >= 0.6 is 11.6 Å². The molecule has 9 heteroatoms. The lowest BCUT2D eigenvalue weighted by Gasteiger charge is -2.56. The molecule has 3 aliphatic carbocycles. The summed E-state index contributed by atoms with van der Waals surface area (Å²) in [6.45, 7) is 1.57. The topological polar surface area (TPSA) is 101 Å². The number of amides is 2. The van der Waals surface area contributed by atoms with E-state index in [4.69, 9.17) is 16.3 Å². The highest BCUT2D eigenvalue weighted by molar-refractivity contribution is 6.30. The van der Waals surface area contributed by atoms with Gasteiger partial charge in [0.25, 0.3) is 11.8 Å². The molecular weight excluding hydrogens is 437 g/mol. The minimum atomic E-state index is -0.793. The second-order valence-electron chi connectivity index (χ2n) is 8.71. The van der Waals surface area contributed by atoms with Crippen molar-refractivity contribution in [3.8, 4) is 5.75 Å². The van der Waals surface area contributed by atoms with Gasteiger partial charge in [0.15, 0.2) is 6.61 Å². The van der Waals surface area contributed by atoms with E-state index in [2.05, 4.69) is 15.6 Å². The summed E-state index contributed by atoms with van der Waals surface area (Å²) >= 11 is 5.65. The normalized spacial score (nSPS) is 26.4. The van der Waals surface area contributed by atoms with Crippen LogP contribution in [0.2, 0.25) is 5.02 Å². The Labute approximate surface area is 190 Å². The number of carbonyl (C=O) groups excluding carboxylic acids is 2. The Bertz CT molecular complexity index is 1020. The summed E-state index contributed by atoms with van der Waals surface area (Å²) in [5.74, 6) is -1.03. The average Bonchev–Trinajstić information content (AvgIpc) is 2.76. The minimum absolute atomic E-state index is 0.0201. The molecule has 0 radical (unpaired) electrons. The molecule has 5 rings (SSSR count). The highest BCUT2D eigenvalue weighted by atomic mass is 35.5. The molecular formula is C23H25ClFN3O4. The van der Waals surface area contributed by atoms with Crippen LogP contribution in [0.15, 0.2) is 36.5 Å². The number of hydrogen-bond donors (Lipinski definition) is 3. The standard InChI is InChI=1S/C23H25ClFN3O4/c1-14-2-3-15(12-26-14)21(31)28-23-8-6-22(7-9-23,11-19(23)29)27-20(30)13-32-16-4-5-17(24)18(25)10-16/h2-5,10,12,19,29H,6-9,11,13H2,1H3,(H,27,30)(H,28,31)/t19-,22?,23?/m0/s1. The predicted molar refractivity (Wildman–Crippen MR) is 116 cm³/mol. The van der Waals surface area contributed by atoms with Crippen molar-refractivity contribution in [3.63, 3.8) is 0 Å². The number of rotatable bonds is 6. The van der Waals surface area contributed by atoms with Gasteiger partial charge in [0.1, 0.15) is 11.6 Å². The number of pyridine rings is 1. The van der Waals surface area contributed by atoms with Gasteiger partial charge in [0.05, 0.1) is 22.2 Å². The van der Waals surface area contributed by atoms with Gasteiger partial charge in [-0.1, -0.05) is 11.6 Å². The third kappa shape index (κ3) is 4.56. The lowest BCUT2D eigenvalue weighted by molar-refractivity contribution is -0.129. The molecule has 2 aromatic rings. The van der Waals surface area contributed by atoms with Gasteiger partial charge in [-0.2, -0.15) is 0 Å². The highest BCUT2D eigenvalue weighted by Crippen LogP contribution is 2.47. The van der Waals surface area contributed by atoms with Crippen LogP contribution in [0.1, 0.15) is 48.2 Å². The van der Waals surface area contributed by atoms with Crippen molar-refractivity contribution in [2.24, 2.45) is 0 Å². The van der Waals surface area contributed by atoms with Gasteiger partial charge >= 0.3 is 0 Å². The maximum atomic E-state index is 13.5. The van der Waals surface area contributed by atoms with Crippen molar-refractivity contribution in [1.29, 1.82) is 0 Å². The Morgan fingerprint density at radius 2 is 1.97 bits per heavy atom. The van der Waals surface area contributed by atoms with Crippen LogP contribution < -0.4 is 15.4 Å². The van der Waals surface area contributed by atoms with Crippen molar-refractivity contribution in [3.05, 3.63) is 58.6 Å². The summed E-state index contributed by atoms with van der Waals surface area (Å²) in [6, 6.07) is 7.46. The van der Waals surface area contributed by atoms with E-state index in [1.165, 1.54) is 18.3 Å². The molecule has 2 bridgehead atoms. The van der Waals surface area contributed by atoms with E-state index in [0.29, 0.717) is 37.7 Å². The molecule has 32 heavy (non-hydrogen) atoms. The number of ether oxygens (including phenoxy) is 1. The SMILES string of the molecule is Cc1ccc(C(=O)NC23CCC(NC(=O)COc4ccc(Cl)c(F)c4)(CC2)C[C@@H]3O)cn1. The summed E-state index contributed by atoms with van der Waals surface area (Å²) in [4.78, 5) is 29.3. The summed E-state index contributed by atoms with van der Waals surface area (Å²) < 4.78 is 18.9. The number of carbonyl (C=O) groups is 2. The smallest absolute Gasteiger partial charge is 0.258 e. The zero-order chi connectivity index (χ0) is 22.9. The first-order valence-corrected chi connectivity index (χ1v) is 10.9. The fourth-order valence-electron chi connectivity index (χ4n) is 4.61. The first-order chi connectivity index (χ1) is 15.2. The van der Waals surface area contributed by atoms with Crippen LogP contribution in [-0.2, 0) is 4.79 Å². The largest absolute Gasteiger partial charge is 0.484 e. The maximum absolute atomic E-state index is 13.5. The molecule has 3 fully saturated rings. The maximum Gasteiger partial charge on any atom is 0.258 e. The Balaban J connectivity index is 1.34. The molecule has 1 aromatic heterocycles. The molecule has 2 amide bonds. The van der Waals surface area contributed by atoms with Crippen LogP contribution in [0, 0.1) is 12.7 Å². The van der Waals surface area contributed by atoms with Gasteiger partial charge in [-0.15, -0.1) is 0 Å². The summed E-state index contributed by atoms with van der Waals surface area (Å²) in [7, 11) is 0. The molecule has 0 saturated heterocycles. The van der Waals surface area contributed by atoms with Gasteiger partial charge in [-0.25, -0.2) is 4.39 Å². The van der Waals surface area contributed by atoms with Crippen LogP contribution in [0.4, 0.5) is 4.39 Å². The van der Waals surface area contributed by atoms with Gasteiger partial charge in [0.2, 0.25) is 0 Å². The highest BCUT2D eigenvalue weighted by Gasteiger charge is 2.55. The van der Waals surface area contributed by atoms with Crippen molar-refractivity contribution < 1.29 is 23.8 Å². The number of nitrogens with zero attached hydrogens (tertiary/aromatic N) is 1. The molecule has 0 spiro atoms. The summed E-state index contributed by atoms with van der Waals surface area (Å²) in [5.41, 5.74) is -0.00105. The van der Waals surface area contributed by atoms with E-state index >= 15 is 0 Å². The number of halogens is 2. The van der Waals surface area contributed by atoms with Crippen molar-refractivity contribution in [2.45, 2.75) is 56.2 Å². The molecule has 1 atom stereocenters. The van der Waals surface area contributed by atoms with Crippen LogP contribution in [-0.4, -0.2) is 45.7 Å². The number of aryl methyl sites for hydroxylation is 1. The fraction of sp³-hybridized carbons (Fsp3) is 0.435. The predicted octanol–water partition coefficient (Wildman–Crippen LogP) is 2.92. The molecule has 0 unspecified atom stereocenters. The number of aliphatic hydroxyl groups is 1. The quantitative estimate of drug-likeness (QED) is 0.614. The van der Waals surface area contributed by atoms with E-state index in [0.717, 1.165) is 11.8 Å². The number of aromatic nitrogens is 1. The Kier molecular flexibility index (Phi) is 6.09. The second-order valence-corrected chi connectivity index (χ2v) is 9.12. The van der Waals surface area contributed by atoms with Crippen LogP contribution in [0.25, 0.3) is 0 Å². The molecule has 3 N–H and O–H groups in total. The number of benzene rings is 1. The van der Waals surface area contributed by atoms with Crippen molar-refractivity contribution in [2.75, 3.05) is 6.61 Å². The molecule has 170 valence electrons. The van der Waals surface area contributed by atoms with E-state index in [-0.39, 0.29) is 29.2 Å². The summed E-state index contributed by atoms with van der Waals surface area (Å²) in [6.07, 6.45) is 3.40.